The van der Waals surface area contributed by atoms with Crippen molar-refractivity contribution in [1.29, 1.82) is 0 Å². The number of anilines is 1. The summed E-state index contributed by atoms with van der Waals surface area (Å²) in [5.74, 6) is -0.499. The van der Waals surface area contributed by atoms with Gasteiger partial charge in [0.2, 0.25) is 0 Å². The molecule has 0 aromatic heterocycles. The summed E-state index contributed by atoms with van der Waals surface area (Å²) in [6, 6.07) is 14.7. The number of carbonyl (C=O) groups is 1. The highest BCUT2D eigenvalue weighted by atomic mass is 19.1. The number of hydrogen-bond acceptors (Lipinski definition) is 2. The first-order valence-electron chi connectivity index (χ1n) is 5.73. The molecule has 0 heterocycles. The molecule has 0 saturated heterocycles. The van der Waals surface area contributed by atoms with Crippen LogP contribution in [0.4, 0.5) is 14.9 Å². The highest BCUT2D eigenvalue weighted by Gasteiger charge is 2.05. The Hall–Kier alpha value is -2.40. The van der Waals surface area contributed by atoms with Gasteiger partial charge in [0.05, 0.1) is 12.3 Å². The van der Waals surface area contributed by atoms with Gasteiger partial charge in [-0.3, -0.25) is 4.84 Å². The molecule has 0 atom stereocenters. The monoisotopic (exact) mass is 260 g/mol. The largest absolute Gasteiger partial charge is 0.343 e. The van der Waals surface area contributed by atoms with Crippen molar-refractivity contribution < 1.29 is 14.0 Å². The van der Waals surface area contributed by atoms with Gasteiger partial charge in [-0.25, -0.2) is 14.7 Å². The number of carbonyl (C=O) groups excluding carboxylic acids is 1. The van der Waals surface area contributed by atoms with Crippen molar-refractivity contribution in [3.8, 4) is 0 Å². The van der Waals surface area contributed by atoms with Crippen molar-refractivity contribution in [3.63, 3.8) is 0 Å². The van der Waals surface area contributed by atoms with Gasteiger partial charge in [0.15, 0.2) is 0 Å². The number of urea groups is 1. The lowest BCUT2D eigenvalue weighted by molar-refractivity contribution is 0.0535. The number of nitrogens with one attached hydrogen (secondary N) is 2. The molecule has 0 saturated carbocycles. The van der Waals surface area contributed by atoms with Crippen molar-refractivity contribution in [2.24, 2.45) is 0 Å². The third kappa shape index (κ3) is 4.08. The molecule has 0 aliphatic heterocycles. The van der Waals surface area contributed by atoms with Crippen LogP contribution in [0.5, 0.6) is 0 Å². The normalized spacial score (nSPS) is 9.95. The van der Waals surface area contributed by atoms with Gasteiger partial charge in [0.25, 0.3) is 0 Å². The summed E-state index contributed by atoms with van der Waals surface area (Å²) in [5, 5.41) is 2.35. The first-order valence-corrected chi connectivity index (χ1v) is 5.73. The SMILES string of the molecule is O=C(NOCc1ccccc1)Nc1ccccc1F. The van der Waals surface area contributed by atoms with Crippen LogP contribution in [0.15, 0.2) is 54.6 Å². The maximum absolute atomic E-state index is 13.3. The molecular formula is C14H13FN2O2. The van der Waals surface area contributed by atoms with Crippen LogP contribution < -0.4 is 10.8 Å². The number of hydroxylamine groups is 1. The zero-order valence-electron chi connectivity index (χ0n) is 10.1. The lowest BCUT2D eigenvalue weighted by Gasteiger charge is -2.08. The highest BCUT2D eigenvalue weighted by molar-refractivity contribution is 5.88. The third-order valence-corrected chi connectivity index (χ3v) is 2.37. The Morgan fingerprint density at radius 3 is 2.47 bits per heavy atom. The summed E-state index contributed by atoms with van der Waals surface area (Å²) in [6.45, 7) is 0.242. The second-order valence-electron chi connectivity index (χ2n) is 3.81. The van der Waals surface area contributed by atoms with E-state index in [4.69, 9.17) is 4.84 Å². The predicted molar refractivity (Wildman–Crippen MR) is 69.8 cm³/mol. The standard InChI is InChI=1S/C14H13FN2O2/c15-12-8-4-5-9-13(12)16-14(18)17-19-10-11-6-2-1-3-7-11/h1-9H,10H2,(H2,16,17,18). The zero-order valence-corrected chi connectivity index (χ0v) is 10.1. The van der Waals surface area contributed by atoms with Gasteiger partial charge in [0, 0.05) is 0 Å². The molecular weight excluding hydrogens is 247 g/mol. The topological polar surface area (TPSA) is 50.4 Å². The minimum Gasteiger partial charge on any atom is -0.303 e. The maximum atomic E-state index is 13.3. The molecule has 0 radical (unpaired) electrons. The molecule has 0 bridgehead atoms. The van der Waals surface area contributed by atoms with E-state index in [-0.39, 0.29) is 12.3 Å². The molecule has 0 spiro atoms. The average Bonchev–Trinajstić information content (AvgIpc) is 2.43. The number of benzene rings is 2. The molecule has 19 heavy (non-hydrogen) atoms. The summed E-state index contributed by atoms with van der Waals surface area (Å²) in [5.41, 5.74) is 3.22. The van der Waals surface area contributed by atoms with E-state index in [9.17, 15) is 9.18 Å². The molecule has 0 fully saturated rings. The minimum atomic E-state index is -0.624. The molecule has 2 N–H and O–H groups in total. The van der Waals surface area contributed by atoms with Crippen LogP contribution in [0.1, 0.15) is 5.56 Å². The van der Waals surface area contributed by atoms with E-state index < -0.39 is 11.8 Å². The summed E-state index contributed by atoms with van der Waals surface area (Å²) in [7, 11) is 0. The Labute approximate surface area is 110 Å². The van der Waals surface area contributed by atoms with E-state index in [2.05, 4.69) is 10.8 Å². The van der Waals surface area contributed by atoms with Crippen LogP contribution >= 0.6 is 0 Å². The molecule has 5 heteroatoms. The number of rotatable bonds is 4. The summed E-state index contributed by atoms with van der Waals surface area (Å²) in [6.07, 6.45) is 0. The average molecular weight is 260 g/mol. The van der Waals surface area contributed by atoms with Gasteiger partial charge < -0.3 is 5.32 Å². The number of para-hydroxylation sites is 1. The fourth-order valence-corrected chi connectivity index (χ4v) is 1.47. The van der Waals surface area contributed by atoms with E-state index in [1.165, 1.54) is 12.1 Å². The Morgan fingerprint density at radius 2 is 1.74 bits per heavy atom. The van der Waals surface area contributed by atoms with E-state index >= 15 is 0 Å². The maximum Gasteiger partial charge on any atom is 0.343 e. The Bertz CT molecular complexity index is 546. The molecule has 0 unspecified atom stereocenters. The smallest absolute Gasteiger partial charge is 0.303 e. The molecule has 2 amide bonds. The zero-order chi connectivity index (χ0) is 13.5. The van der Waals surface area contributed by atoms with Crippen molar-refractivity contribution in [2.45, 2.75) is 6.61 Å². The van der Waals surface area contributed by atoms with E-state index in [1.807, 2.05) is 30.3 Å². The molecule has 4 nitrogen and oxygen atoms in total. The first-order chi connectivity index (χ1) is 9.25. The quantitative estimate of drug-likeness (QED) is 0.830. The summed E-state index contributed by atoms with van der Waals surface area (Å²) < 4.78 is 13.3. The fraction of sp³-hybridized carbons (Fsp3) is 0.0714. The van der Waals surface area contributed by atoms with Gasteiger partial charge in [-0.05, 0) is 17.7 Å². The van der Waals surface area contributed by atoms with Gasteiger partial charge in [-0.1, -0.05) is 42.5 Å². The number of halogens is 1. The number of amides is 2. The van der Waals surface area contributed by atoms with Gasteiger partial charge in [0.1, 0.15) is 5.82 Å². The predicted octanol–water partition coefficient (Wildman–Crippen LogP) is 3.08. The van der Waals surface area contributed by atoms with Gasteiger partial charge in [-0.2, -0.15) is 0 Å². The molecule has 0 aliphatic rings. The van der Waals surface area contributed by atoms with Crippen molar-refractivity contribution >= 4 is 11.7 Å². The second-order valence-corrected chi connectivity index (χ2v) is 3.81. The van der Waals surface area contributed by atoms with Crippen LogP contribution in [0, 0.1) is 5.82 Å². The van der Waals surface area contributed by atoms with E-state index in [1.54, 1.807) is 12.1 Å². The summed E-state index contributed by atoms with van der Waals surface area (Å²) in [4.78, 5) is 16.5. The van der Waals surface area contributed by atoms with Crippen LogP contribution in [0.25, 0.3) is 0 Å². The Kier molecular flexibility index (Phi) is 4.47. The van der Waals surface area contributed by atoms with Crippen molar-refractivity contribution in [1.82, 2.24) is 5.48 Å². The van der Waals surface area contributed by atoms with Crippen LogP contribution in [0.2, 0.25) is 0 Å². The Morgan fingerprint density at radius 1 is 1.05 bits per heavy atom. The highest BCUT2D eigenvalue weighted by Crippen LogP contribution is 2.11. The molecule has 2 rings (SSSR count). The van der Waals surface area contributed by atoms with Crippen LogP contribution in [-0.4, -0.2) is 6.03 Å². The van der Waals surface area contributed by atoms with Gasteiger partial charge >= 0.3 is 6.03 Å². The molecule has 0 aliphatic carbocycles. The fourth-order valence-electron chi connectivity index (χ4n) is 1.47. The molecule has 2 aromatic carbocycles. The van der Waals surface area contributed by atoms with E-state index in [0.29, 0.717) is 0 Å². The minimum absolute atomic E-state index is 0.100. The Balaban J connectivity index is 1.78. The van der Waals surface area contributed by atoms with Gasteiger partial charge in [-0.15, -0.1) is 0 Å². The second kappa shape index (κ2) is 6.51. The molecule has 98 valence electrons. The van der Waals surface area contributed by atoms with E-state index in [0.717, 1.165) is 5.56 Å². The van der Waals surface area contributed by atoms with Crippen LogP contribution in [0.3, 0.4) is 0 Å². The summed E-state index contributed by atoms with van der Waals surface area (Å²) >= 11 is 0. The van der Waals surface area contributed by atoms with Crippen molar-refractivity contribution in [2.75, 3.05) is 5.32 Å². The number of hydrogen-bond donors (Lipinski definition) is 2. The van der Waals surface area contributed by atoms with Crippen molar-refractivity contribution in [3.05, 3.63) is 66.0 Å². The lowest BCUT2D eigenvalue weighted by atomic mass is 10.2. The molecule has 2 aromatic rings. The third-order valence-electron chi connectivity index (χ3n) is 2.37. The van der Waals surface area contributed by atoms with Crippen LogP contribution in [-0.2, 0) is 11.4 Å². The lowest BCUT2D eigenvalue weighted by Crippen LogP contribution is -2.29. The first kappa shape index (κ1) is 13.0.